The molecule has 4 heterocycles. The highest BCUT2D eigenvalue weighted by atomic mass is 19.1. The van der Waals surface area contributed by atoms with Crippen LogP contribution in [0.1, 0.15) is 24.2 Å². The fourth-order valence-corrected chi connectivity index (χ4v) is 2.99. The number of pyridine rings is 2. The van der Waals surface area contributed by atoms with Gasteiger partial charge in [-0.25, -0.2) is 19.3 Å². The van der Waals surface area contributed by atoms with Crippen molar-refractivity contribution < 1.29 is 4.39 Å². The van der Waals surface area contributed by atoms with Crippen molar-refractivity contribution in [1.29, 1.82) is 5.26 Å². The maximum atomic E-state index is 13.9. The van der Waals surface area contributed by atoms with Gasteiger partial charge >= 0.3 is 0 Å². The number of aromatic nitrogens is 5. The number of nitriles is 1. The van der Waals surface area contributed by atoms with Gasteiger partial charge in [0.15, 0.2) is 0 Å². The molecule has 0 aromatic carbocycles. The zero-order valence-corrected chi connectivity index (χ0v) is 14.8. The predicted octanol–water partition coefficient (Wildman–Crippen LogP) is 2.95. The monoisotopic (exact) mass is 374 g/mol. The summed E-state index contributed by atoms with van der Waals surface area (Å²) in [5, 5.41) is 12.5. The summed E-state index contributed by atoms with van der Waals surface area (Å²) in [7, 11) is 0. The summed E-state index contributed by atoms with van der Waals surface area (Å²) in [4.78, 5) is 17.0. The van der Waals surface area contributed by atoms with E-state index in [1.165, 1.54) is 18.6 Å². The lowest BCUT2D eigenvalue weighted by Gasteiger charge is -2.15. The standard InChI is InChI=1S/C19H15FN8/c1-11(26-19-13(8-21)18(22)24-10-25-19)16-17(14-4-2-3-7-23-14)28-9-12(20)5-6-15(28)27-16/h2-7,9-11H,1H3,(H3,22,24,25,26)/t11-/m0/s1. The van der Waals surface area contributed by atoms with Gasteiger partial charge in [-0.15, -0.1) is 0 Å². The normalized spacial score (nSPS) is 11.9. The number of imidazole rings is 1. The molecule has 3 N–H and O–H groups in total. The largest absolute Gasteiger partial charge is 0.382 e. The minimum atomic E-state index is -0.385. The molecule has 0 unspecified atom stereocenters. The molecule has 138 valence electrons. The zero-order valence-electron chi connectivity index (χ0n) is 14.8. The van der Waals surface area contributed by atoms with Gasteiger partial charge in [0.05, 0.1) is 23.1 Å². The Balaban J connectivity index is 1.85. The molecule has 28 heavy (non-hydrogen) atoms. The number of fused-ring (bicyclic) bond motifs is 1. The Labute approximate surface area is 159 Å². The van der Waals surface area contributed by atoms with Crippen LogP contribution in [0, 0.1) is 17.1 Å². The summed E-state index contributed by atoms with van der Waals surface area (Å²) >= 11 is 0. The lowest BCUT2D eigenvalue weighted by molar-refractivity contribution is 0.619. The van der Waals surface area contributed by atoms with Crippen LogP contribution in [0.3, 0.4) is 0 Å². The van der Waals surface area contributed by atoms with E-state index in [0.29, 0.717) is 28.5 Å². The van der Waals surface area contributed by atoms with Crippen molar-refractivity contribution in [2.24, 2.45) is 0 Å². The Kier molecular flexibility index (Phi) is 4.29. The molecule has 0 saturated heterocycles. The van der Waals surface area contributed by atoms with Crippen molar-refractivity contribution in [1.82, 2.24) is 24.3 Å². The van der Waals surface area contributed by atoms with Crippen LogP contribution in [0.25, 0.3) is 17.0 Å². The van der Waals surface area contributed by atoms with Gasteiger partial charge in [0.2, 0.25) is 0 Å². The Hall–Kier alpha value is -4.06. The van der Waals surface area contributed by atoms with Crippen molar-refractivity contribution in [2.45, 2.75) is 13.0 Å². The number of nitrogen functional groups attached to an aromatic ring is 1. The highest BCUT2D eigenvalue weighted by molar-refractivity contribution is 5.67. The molecule has 0 saturated carbocycles. The Morgan fingerprint density at radius 2 is 2.07 bits per heavy atom. The van der Waals surface area contributed by atoms with E-state index in [1.54, 1.807) is 22.7 Å². The third-order valence-electron chi connectivity index (χ3n) is 4.27. The number of halogens is 1. The molecule has 9 heteroatoms. The van der Waals surface area contributed by atoms with Gasteiger partial charge in [-0.2, -0.15) is 5.26 Å². The molecule has 0 fully saturated rings. The smallest absolute Gasteiger partial charge is 0.150 e. The molecule has 0 bridgehead atoms. The van der Waals surface area contributed by atoms with Gasteiger partial charge in [0.1, 0.15) is 41.1 Å². The lowest BCUT2D eigenvalue weighted by atomic mass is 10.1. The number of nitrogens with zero attached hydrogens (tertiary/aromatic N) is 6. The number of nitrogens with two attached hydrogens (primary N) is 1. The summed E-state index contributed by atoms with van der Waals surface area (Å²) in [6.07, 6.45) is 4.31. The van der Waals surface area contributed by atoms with Gasteiger partial charge < -0.3 is 11.1 Å². The molecule has 0 radical (unpaired) electrons. The van der Waals surface area contributed by atoms with Crippen LogP contribution in [-0.2, 0) is 0 Å². The van der Waals surface area contributed by atoms with Crippen LogP contribution in [0.5, 0.6) is 0 Å². The number of hydrogen-bond acceptors (Lipinski definition) is 7. The quantitative estimate of drug-likeness (QED) is 0.564. The Morgan fingerprint density at radius 3 is 2.82 bits per heavy atom. The van der Waals surface area contributed by atoms with Crippen LogP contribution >= 0.6 is 0 Å². The van der Waals surface area contributed by atoms with Crippen LogP contribution in [-0.4, -0.2) is 24.3 Å². The lowest BCUT2D eigenvalue weighted by Crippen LogP contribution is -2.12. The van der Waals surface area contributed by atoms with E-state index in [4.69, 9.17) is 5.73 Å². The van der Waals surface area contributed by atoms with Gasteiger partial charge in [-0.3, -0.25) is 9.38 Å². The molecule has 8 nitrogen and oxygen atoms in total. The minimum absolute atomic E-state index is 0.0919. The topological polar surface area (TPSA) is 118 Å². The van der Waals surface area contributed by atoms with E-state index in [1.807, 2.05) is 25.1 Å². The van der Waals surface area contributed by atoms with E-state index in [0.717, 1.165) is 0 Å². The molecule has 4 aromatic heterocycles. The summed E-state index contributed by atoms with van der Waals surface area (Å²) in [6.45, 7) is 1.87. The number of nitrogens with one attached hydrogen (secondary N) is 1. The number of rotatable bonds is 4. The van der Waals surface area contributed by atoms with E-state index in [-0.39, 0.29) is 23.2 Å². The minimum Gasteiger partial charge on any atom is -0.382 e. The third kappa shape index (κ3) is 2.97. The van der Waals surface area contributed by atoms with Crippen LogP contribution in [0.2, 0.25) is 0 Å². The number of hydrogen-bond donors (Lipinski definition) is 2. The van der Waals surface area contributed by atoms with Crippen molar-refractivity contribution in [3.05, 3.63) is 66.1 Å². The fourth-order valence-electron chi connectivity index (χ4n) is 2.99. The van der Waals surface area contributed by atoms with E-state index >= 15 is 0 Å². The molecule has 4 aromatic rings. The van der Waals surface area contributed by atoms with Crippen molar-refractivity contribution >= 4 is 17.3 Å². The van der Waals surface area contributed by atoms with Crippen molar-refractivity contribution in [3.8, 4) is 17.5 Å². The average molecular weight is 374 g/mol. The van der Waals surface area contributed by atoms with Crippen LogP contribution in [0.4, 0.5) is 16.0 Å². The first-order valence-corrected chi connectivity index (χ1v) is 8.44. The van der Waals surface area contributed by atoms with Gasteiger partial charge in [-0.05, 0) is 31.2 Å². The Morgan fingerprint density at radius 1 is 1.21 bits per heavy atom. The van der Waals surface area contributed by atoms with Gasteiger partial charge in [0, 0.05) is 12.4 Å². The average Bonchev–Trinajstić information content (AvgIpc) is 3.07. The summed E-state index contributed by atoms with van der Waals surface area (Å²) in [6, 6.07) is 10.1. The SMILES string of the molecule is C[C@H](Nc1ncnc(N)c1C#N)c1nc2ccc(F)cn2c1-c1ccccn1. The molecule has 0 spiro atoms. The first-order chi connectivity index (χ1) is 13.6. The Bertz CT molecular complexity index is 1200. The van der Waals surface area contributed by atoms with Gasteiger partial charge in [0.25, 0.3) is 0 Å². The molecular weight excluding hydrogens is 359 g/mol. The molecule has 0 aliphatic carbocycles. The summed E-state index contributed by atoms with van der Waals surface area (Å²) < 4.78 is 15.5. The molecule has 0 aliphatic rings. The molecule has 0 amide bonds. The maximum Gasteiger partial charge on any atom is 0.150 e. The van der Waals surface area contributed by atoms with E-state index in [2.05, 4.69) is 25.3 Å². The first kappa shape index (κ1) is 17.4. The molecule has 4 rings (SSSR count). The van der Waals surface area contributed by atoms with Gasteiger partial charge in [-0.1, -0.05) is 6.07 Å². The molecule has 1 atom stereocenters. The second-order valence-corrected chi connectivity index (χ2v) is 6.10. The van der Waals surface area contributed by atoms with Crippen LogP contribution in [0.15, 0.2) is 49.1 Å². The fraction of sp³-hybridized carbons (Fsp3) is 0.105. The van der Waals surface area contributed by atoms with E-state index < -0.39 is 0 Å². The second kappa shape index (κ2) is 6.92. The summed E-state index contributed by atoms with van der Waals surface area (Å²) in [5.74, 6) is 0.0107. The van der Waals surface area contributed by atoms with E-state index in [9.17, 15) is 9.65 Å². The van der Waals surface area contributed by atoms with Crippen molar-refractivity contribution in [3.63, 3.8) is 0 Å². The van der Waals surface area contributed by atoms with Crippen molar-refractivity contribution in [2.75, 3.05) is 11.1 Å². The second-order valence-electron chi connectivity index (χ2n) is 6.10. The molecule has 0 aliphatic heterocycles. The number of anilines is 2. The summed E-state index contributed by atoms with van der Waals surface area (Å²) in [5.41, 5.74) is 8.42. The third-order valence-corrected chi connectivity index (χ3v) is 4.27. The highest BCUT2D eigenvalue weighted by Gasteiger charge is 2.22. The first-order valence-electron chi connectivity index (χ1n) is 8.44. The molecular formula is C19H15FN8. The highest BCUT2D eigenvalue weighted by Crippen LogP contribution is 2.30. The zero-order chi connectivity index (χ0) is 19.7. The predicted molar refractivity (Wildman–Crippen MR) is 102 cm³/mol. The maximum absolute atomic E-state index is 13.9. The van der Waals surface area contributed by atoms with Crippen LogP contribution < -0.4 is 11.1 Å².